The van der Waals surface area contributed by atoms with E-state index >= 15 is 0 Å². The minimum absolute atomic E-state index is 0.114. The molecule has 3 aliphatic heterocycles. The first-order valence-corrected chi connectivity index (χ1v) is 6.86. The molecule has 0 aromatic rings. The van der Waals surface area contributed by atoms with Crippen LogP contribution in [0.15, 0.2) is 0 Å². The van der Waals surface area contributed by atoms with E-state index in [1.54, 1.807) is 9.80 Å². The lowest BCUT2D eigenvalue weighted by atomic mass is 9.97. The van der Waals surface area contributed by atoms with Crippen LogP contribution >= 0.6 is 0 Å². The van der Waals surface area contributed by atoms with Gasteiger partial charge >= 0.3 is 0 Å². The Labute approximate surface area is 107 Å². The third-order valence-electron chi connectivity index (χ3n) is 4.59. The molecular weight excluding hydrogens is 232 g/mol. The molecule has 3 unspecified atom stereocenters. The van der Waals surface area contributed by atoms with Crippen LogP contribution in [-0.4, -0.2) is 60.0 Å². The van der Waals surface area contributed by atoms with Crippen LogP contribution in [0.2, 0.25) is 0 Å². The van der Waals surface area contributed by atoms with Gasteiger partial charge in [0.25, 0.3) is 0 Å². The number of hydrogen-bond donors (Lipinski definition) is 0. The molecule has 0 spiro atoms. The molecule has 3 fully saturated rings. The van der Waals surface area contributed by atoms with Gasteiger partial charge in [-0.05, 0) is 26.2 Å². The van der Waals surface area contributed by atoms with Crippen molar-refractivity contribution in [3.63, 3.8) is 0 Å². The Morgan fingerprint density at radius 3 is 2.89 bits per heavy atom. The fourth-order valence-electron chi connectivity index (χ4n) is 3.36. The average Bonchev–Trinajstić information content (AvgIpc) is 3.01. The summed E-state index contributed by atoms with van der Waals surface area (Å²) in [6, 6.07) is -0.0669. The highest BCUT2D eigenvalue weighted by Crippen LogP contribution is 2.28. The Bertz CT molecular complexity index is 365. The molecule has 100 valence electrons. The van der Waals surface area contributed by atoms with Crippen LogP contribution in [0.3, 0.4) is 0 Å². The predicted molar refractivity (Wildman–Crippen MR) is 64.8 cm³/mol. The first kappa shape index (κ1) is 12.0. The second-order valence-electron chi connectivity index (χ2n) is 5.58. The maximum atomic E-state index is 12.4. The van der Waals surface area contributed by atoms with Gasteiger partial charge in [-0.25, -0.2) is 0 Å². The molecule has 0 saturated carbocycles. The first-order chi connectivity index (χ1) is 8.68. The summed E-state index contributed by atoms with van der Waals surface area (Å²) in [6.07, 6.45) is 2.78. The quantitative estimate of drug-likeness (QED) is 0.707. The highest BCUT2D eigenvalue weighted by molar-refractivity contribution is 5.95. The lowest BCUT2D eigenvalue weighted by molar-refractivity contribution is -0.156. The van der Waals surface area contributed by atoms with Crippen molar-refractivity contribution in [3.05, 3.63) is 0 Å². The van der Waals surface area contributed by atoms with E-state index in [-0.39, 0.29) is 30.4 Å². The Morgan fingerprint density at radius 1 is 1.33 bits per heavy atom. The summed E-state index contributed by atoms with van der Waals surface area (Å²) < 4.78 is 5.38. The Morgan fingerprint density at radius 2 is 2.17 bits per heavy atom. The summed E-state index contributed by atoms with van der Waals surface area (Å²) in [5.74, 6) is 0.643. The maximum absolute atomic E-state index is 12.4. The zero-order chi connectivity index (χ0) is 12.7. The second-order valence-corrected chi connectivity index (χ2v) is 5.58. The molecule has 0 aromatic heterocycles. The Hall–Kier alpha value is -1.10. The zero-order valence-electron chi connectivity index (χ0n) is 10.8. The van der Waals surface area contributed by atoms with E-state index in [0.717, 1.165) is 32.4 Å². The fraction of sp³-hybridized carbons (Fsp3) is 0.846. The Kier molecular flexibility index (Phi) is 3.01. The van der Waals surface area contributed by atoms with Gasteiger partial charge < -0.3 is 14.5 Å². The number of fused-ring (bicyclic) bond motifs is 1. The van der Waals surface area contributed by atoms with Crippen molar-refractivity contribution in [2.75, 3.05) is 26.3 Å². The standard InChI is InChI=1S/C13H20N2O3/c1-9(10-4-6-18-8-10)15-7-12(16)14-5-2-3-11(14)13(15)17/h9-11H,2-8H2,1H3. The van der Waals surface area contributed by atoms with Crippen LogP contribution < -0.4 is 0 Å². The van der Waals surface area contributed by atoms with Crippen molar-refractivity contribution >= 4 is 11.8 Å². The molecule has 0 radical (unpaired) electrons. The van der Waals surface area contributed by atoms with Gasteiger partial charge in [-0.3, -0.25) is 9.59 Å². The third kappa shape index (κ3) is 1.81. The van der Waals surface area contributed by atoms with Gasteiger partial charge in [-0.15, -0.1) is 0 Å². The number of ether oxygens (including phenoxy) is 1. The van der Waals surface area contributed by atoms with Crippen molar-refractivity contribution in [1.29, 1.82) is 0 Å². The third-order valence-corrected chi connectivity index (χ3v) is 4.59. The number of amides is 2. The smallest absolute Gasteiger partial charge is 0.246 e. The van der Waals surface area contributed by atoms with Crippen molar-refractivity contribution in [3.8, 4) is 0 Å². The highest BCUT2D eigenvalue weighted by atomic mass is 16.5. The van der Waals surface area contributed by atoms with Crippen LogP contribution in [0.1, 0.15) is 26.2 Å². The van der Waals surface area contributed by atoms with Crippen LogP contribution in [0, 0.1) is 5.92 Å². The normalized spacial score (nSPS) is 34.1. The molecule has 3 heterocycles. The van der Waals surface area contributed by atoms with E-state index in [0.29, 0.717) is 12.5 Å². The SMILES string of the molecule is CC(C1CCOC1)N1CC(=O)N2CCCC2C1=O. The minimum Gasteiger partial charge on any atom is -0.381 e. The van der Waals surface area contributed by atoms with E-state index < -0.39 is 0 Å². The summed E-state index contributed by atoms with van der Waals surface area (Å²) in [5, 5.41) is 0. The minimum atomic E-state index is -0.184. The van der Waals surface area contributed by atoms with Gasteiger partial charge in [0.2, 0.25) is 11.8 Å². The summed E-state index contributed by atoms with van der Waals surface area (Å²) in [5.41, 5.74) is 0. The van der Waals surface area contributed by atoms with Gasteiger partial charge in [0.05, 0.1) is 6.61 Å². The van der Waals surface area contributed by atoms with Crippen molar-refractivity contribution in [2.24, 2.45) is 5.92 Å². The van der Waals surface area contributed by atoms with E-state index in [1.807, 2.05) is 0 Å². The van der Waals surface area contributed by atoms with Gasteiger partial charge in [0.15, 0.2) is 0 Å². The second kappa shape index (κ2) is 4.53. The highest BCUT2D eigenvalue weighted by Gasteiger charge is 2.44. The number of nitrogens with zero attached hydrogens (tertiary/aromatic N) is 2. The molecular formula is C13H20N2O3. The molecule has 3 rings (SSSR count). The van der Waals surface area contributed by atoms with Gasteiger partial charge in [0.1, 0.15) is 12.6 Å². The van der Waals surface area contributed by atoms with Crippen molar-refractivity contribution in [1.82, 2.24) is 9.80 Å². The van der Waals surface area contributed by atoms with Gasteiger partial charge in [0, 0.05) is 25.1 Å². The molecule has 3 aliphatic rings. The number of carbonyl (C=O) groups is 2. The molecule has 3 atom stereocenters. The average molecular weight is 252 g/mol. The van der Waals surface area contributed by atoms with E-state index in [1.165, 1.54) is 0 Å². The summed E-state index contributed by atoms with van der Waals surface area (Å²) in [6.45, 7) is 4.56. The largest absolute Gasteiger partial charge is 0.381 e. The molecule has 0 N–H and O–H groups in total. The van der Waals surface area contributed by atoms with E-state index in [4.69, 9.17) is 4.74 Å². The van der Waals surface area contributed by atoms with Gasteiger partial charge in [-0.2, -0.15) is 0 Å². The molecule has 5 nitrogen and oxygen atoms in total. The Balaban J connectivity index is 1.75. The molecule has 5 heteroatoms. The molecule has 2 amide bonds. The monoisotopic (exact) mass is 252 g/mol. The molecule has 0 aliphatic carbocycles. The lowest BCUT2D eigenvalue weighted by Gasteiger charge is -2.41. The number of hydrogen-bond acceptors (Lipinski definition) is 3. The molecule has 18 heavy (non-hydrogen) atoms. The number of rotatable bonds is 2. The van der Waals surface area contributed by atoms with Crippen molar-refractivity contribution in [2.45, 2.75) is 38.3 Å². The molecule has 0 bridgehead atoms. The summed E-state index contributed by atoms with van der Waals surface area (Å²) in [4.78, 5) is 28.0. The van der Waals surface area contributed by atoms with Crippen LogP contribution in [0.25, 0.3) is 0 Å². The summed E-state index contributed by atoms with van der Waals surface area (Å²) in [7, 11) is 0. The fourth-order valence-corrected chi connectivity index (χ4v) is 3.36. The van der Waals surface area contributed by atoms with Gasteiger partial charge in [-0.1, -0.05) is 0 Å². The summed E-state index contributed by atoms with van der Waals surface area (Å²) >= 11 is 0. The van der Waals surface area contributed by atoms with Crippen LogP contribution in [0.4, 0.5) is 0 Å². The van der Waals surface area contributed by atoms with E-state index in [2.05, 4.69) is 6.92 Å². The first-order valence-electron chi connectivity index (χ1n) is 6.86. The lowest BCUT2D eigenvalue weighted by Crippen LogP contribution is -2.60. The maximum Gasteiger partial charge on any atom is 0.246 e. The molecule has 0 aromatic carbocycles. The predicted octanol–water partition coefficient (Wildman–Crippen LogP) is 0.245. The van der Waals surface area contributed by atoms with Crippen LogP contribution in [-0.2, 0) is 14.3 Å². The zero-order valence-corrected chi connectivity index (χ0v) is 10.8. The van der Waals surface area contributed by atoms with E-state index in [9.17, 15) is 9.59 Å². The number of carbonyl (C=O) groups excluding carboxylic acids is 2. The van der Waals surface area contributed by atoms with Crippen molar-refractivity contribution < 1.29 is 14.3 Å². The number of piperazine rings is 1. The topological polar surface area (TPSA) is 49.9 Å². The van der Waals surface area contributed by atoms with Crippen LogP contribution in [0.5, 0.6) is 0 Å². The molecule has 3 saturated heterocycles.